The number of carbonyl (C=O) groups is 2. The Labute approximate surface area is 106 Å². The minimum atomic E-state index is -0.991. The van der Waals surface area contributed by atoms with Crippen molar-refractivity contribution in [2.75, 3.05) is 7.11 Å². The van der Waals surface area contributed by atoms with Crippen molar-refractivity contribution in [3.63, 3.8) is 0 Å². The molecule has 2 N–H and O–H groups in total. The number of rotatable bonds is 6. The monoisotopic (exact) mass is 251 g/mol. The van der Waals surface area contributed by atoms with Crippen LogP contribution in [0.15, 0.2) is 30.3 Å². The van der Waals surface area contributed by atoms with Gasteiger partial charge in [-0.25, -0.2) is 0 Å². The molecule has 0 saturated heterocycles. The van der Waals surface area contributed by atoms with Gasteiger partial charge >= 0.3 is 11.9 Å². The first-order chi connectivity index (χ1) is 8.54. The zero-order chi connectivity index (χ0) is 13.5. The van der Waals surface area contributed by atoms with Crippen LogP contribution in [0.3, 0.4) is 0 Å². The molecule has 0 bridgehead atoms. The van der Waals surface area contributed by atoms with E-state index in [9.17, 15) is 9.59 Å². The highest BCUT2D eigenvalue weighted by Crippen LogP contribution is 2.04. The lowest BCUT2D eigenvalue weighted by Crippen LogP contribution is -2.47. The average molecular weight is 251 g/mol. The van der Waals surface area contributed by atoms with Gasteiger partial charge in [0.25, 0.3) is 0 Å². The summed E-state index contributed by atoms with van der Waals surface area (Å²) in [5, 5.41) is 11.9. The van der Waals surface area contributed by atoms with Gasteiger partial charge in [0.1, 0.15) is 12.1 Å². The summed E-state index contributed by atoms with van der Waals surface area (Å²) in [4.78, 5) is 22.4. The number of carboxylic acids is 1. The Balaban J connectivity index is 2.67. The summed E-state index contributed by atoms with van der Waals surface area (Å²) in [6, 6.07) is 7.78. The third-order valence-electron chi connectivity index (χ3n) is 2.59. The second-order valence-corrected chi connectivity index (χ2v) is 3.99. The van der Waals surface area contributed by atoms with Crippen molar-refractivity contribution in [1.82, 2.24) is 5.32 Å². The van der Waals surface area contributed by atoms with Gasteiger partial charge in [0, 0.05) is 0 Å². The lowest BCUT2D eigenvalue weighted by Gasteiger charge is -2.18. The van der Waals surface area contributed by atoms with Crippen LogP contribution in [0.2, 0.25) is 0 Å². The molecule has 0 unspecified atom stereocenters. The summed E-state index contributed by atoms with van der Waals surface area (Å²) >= 11 is 0. The topological polar surface area (TPSA) is 75.6 Å². The fourth-order valence-corrected chi connectivity index (χ4v) is 1.61. The Morgan fingerprint density at radius 3 is 2.44 bits per heavy atom. The fourth-order valence-electron chi connectivity index (χ4n) is 1.61. The minimum Gasteiger partial charge on any atom is -0.480 e. The van der Waals surface area contributed by atoms with Crippen molar-refractivity contribution in [1.29, 1.82) is 0 Å². The number of hydrogen-bond donors (Lipinski definition) is 2. The maximum Gasteiger partial charge on any atom is 0.322 e. The normalized spacial score (nSPS) is 13.7. The van der Waals surface area contributed by atoms with Crippen molar-refractivity contribution >= 4 is 11.9 Å². The zero-order valence-corrected chi connectivity index (χ0v) is 10.4. The maximum absolute atomic E-state index is 11.2. The predicted molar refractivity (Wildman–Crippen MR) is 66.2 cm³/mol. The van der Waals surface area contributed by atoms with E-state index in [0.29, 0.717) is 6.42 Å². The first kappa shape index (κ1) is 14.2. The molecular weight excluding hydrogens is 234 g/mol. The lowest BCUT2D eigenvalue weighted by atomic mass is 10.1. The van der Waals surface area contributed by atoms with E-state index >= 15 is 0 Å². The second-order valence-electron chi connectivity index (χ2n) is 3.99. The van der Waals surface area contributed by atoms with E-state index in [0.717, 1.165) is 5.56 Å². The van der Waals surface area contributed by atoms with E-state index in [1.165, 1.54) is 7.11 Å². The van der Waals surface area contributed by atoms with Crippen molar-refractivity contribution in [3.05, 3.63) is 35.9 Å². The van der Waals surface area contributed by atoms with Crippen LogP contribution < -0.4 is 5.32 Å². The Hall–Kier alpha value is -1.88. The van der Waals surface area contributed by atoms with Crippen LogP contribution in [-0.2, 0) is 20.7 Å². The molecule has 0 amide bonds. The molecule has 0 saturated carbocycles. The fraction of sp³-hybridized carbons (Fsp3) is 0.385. The van der Waals surface area contributed by atoms with Gasteiger partial charge in [-0.05, 0) is 18.9 Å². The maximum atomic E-state index is 11.2. The molecule has 2 atom stereocenters. The Kier molecular flexibility index (Phi) is 5.32. The van der Waals surface area contributed by atoms with Crippen LogP contribution in [0.1, 0.15) is 12.5 Å². The van der Waals surface area contributed by atoms with Crippen LogP contribution in [0.5, 0.6) is 0 Å². The molecule has 1 aromatic carbocycles. The number of carboxylic acid groups (broad SMARTS) is 1. The van der Waals surface area contributed by atoms with Gasteiger partial charge in [0.05, 0.1) is 7.11 Å². The summed E-state index contributed by atoms with van der Waals surface area (Å²) in [6.07, 6.45) is 0.317. The minimum absolute atomic E-state index is 0.317. The largest absolute Gasteiger partial charge is 0.480 e. The van der Waals surface area contributed by atoms with E-state index in [4.69, 9.17) is 5.11 Å². The highest BCUT2D eigenvalue weighted by Gasteiger charge is 2.23. The van der Waals surface area contributed by atoms with E-state index in [1.807, 2.05) is 30.3 Å². The van der Waals surface area contributed by atoms with E-state index in [2.05, 4.69) is 10.1 Å². The van der Waals surface area contributed by atoms with Gasteiger partial charge in [-0.2, -0.15) is 0 Å². The van der Waals surface area contributed by atoms with Gasteiger partial charge in [-0.1, -0.05) is 30.3 Å². The first-order valence-electron chi connectivity index (χ1n) is 5.65. The summed E-state index contributed by atoms with van der Waals surface area (Å²) < 4.78 is 4.55. The molecule has 1 aromatic rings. The number of benzene rings is 1. The predicted octanol–water partition coefficient (Wildman–Crippen LogP) is 0.833. The summed E-state index contributed by atoms with van der Waals surface area (Å²) in [5.41, 5.74) is 0.898. The second kappa shape index (κ2) is 6.76. The third kappa shape index (κ3) is 4.18. The number of methoxy groups -OCH3 is 1. The molecule has 1 rings (SSSR count). The van der Waals surface area contributed by atoms with E-state index in [-0.39, 0.29) is 0 Å². The van der Waals surface area contributed by atoms with E-state index in [1.54, 1.807) is 6.92 Å². The van der Waals surface area contributed by atoms with Crippen LogP contribution >= 0.6 is 0 Å². The van der Waals surface area contributed by atoms with Gasteiger partial charge in [-0.3, -0.25) is 14.9 Å². The zero-order valence-electron chi connectivity index (χ0n) is 10.4. The highest BCUT2D eigenvalue weighted by atomic mass is 16.5. The van der Waals surface area contributed by atoms with Gasteiger partial charge in [0.15, 0.2) is 0 Å². The Bertz CT molecular complexity index is 405. The molecule has 0 aliphatic heterocycles. The van der Waals surface area contributed by atoms with Gasteiger partial charge in [-0.15, -0.1) is 0 Å². The molecule has 0 aliphatic carbocycles. The standard InChI is InChI=1S/C13H17NO4/c1-9(13(17)18-2)14-11(12(15)16)8-10-6-4-3-5-7-10/h3-7,9,11,14H,8H2,1-2H3,(H,15,16)/t9-,11+/m1/s1. The molecule has 5 heteroatoms. The number of nitrogens with one attached hydrogen (secondary N) is 1. The van der Waals surface area contributed by atoms with Crippen LogP contribution in [0.25, 0.3) is 0 Å². The summed E-state index contributed by atoms with van der Waals surface area (Å²) in [5.74, 6) is -1.47. The SMILES string of the molecule is COC(=O)[C@@H](C)N[C@@H](Cc1ccccc1)C(=O)O. The molecule has 0 radical (unpaired) electrons. The van der Waals surface area contributed by atoms with E-state index < -0.39 is 24.0 Å². The van der Waals surface area contributed by atoms with Crippen molar-refractivity contribution in [2.24, 2.45) is 0 Å². The van der Waals surface area contributed by atoms with Gasteiger partial charge in [0.2, 0.25) is 0 Å². The van der Waals surface area contributed by atoms with Crippen molar-refractivity contribution in [3.8, 4) is 0 Å². The quantitative estimate of drug-likeness (QED) is 0.732. The molecule has 0 aromatic heterocycles. The smallest absolute Gasteiger partial charge is 0.322 e. The van der Waals surface area contributed by atoms with Crippen LogP contribution in [0, 0.1) is 0 Å². The lowest BCUT2D eigenvalue weighted by molar-refractivity contribution is -0.144. The molecule has 18 heavy (non-hydrogen) atoms. The van der Waals surface area contributed by atoms with Crippen LogP contribution in [-0.4, -0.2) is 36.2 Å². The molecule has 5 nitrogen and oxygen atoms in total. The molecular formula is C13H17NO4. The van der Waals surface area contributed by atoms with Crippen molar-refractivity contribution in [2.45, 2.75) is 25.4 Å². The third-order valence-corrected chi connectivity index (χ3v) is 2.59. The number of ether oxygens (including phenoxy) is 1. The molecule has 0 fully saturated rings. The number of aliphatic carboxylic acids is 1. The Morgan fingerprint density at radius 1 is 1.33 bits per heavy atom. The van der Waals surface area contributed by atoms with Crippen LogP contribution in [0.4, 0.5) is 0 Å². The molecule has 0 heterocycles. The molecule has 0 spiro atoms. The summed E-state index contributed by atoms with van der Waals surface area (Å²) in [6.45, 7) is 1.58. The number of carbonyl (C=O) groups excluding carboxylic acids is 1. The number of esters is 1. The summed E-state index contributed by atoms with van der Waals surface area (Å²) in [7, 11) is 1.27. The molecule has 98 valence electrons. The first-order valence-corrected chi connectivity index (χ1v) is 5.65. The average Bonchev–Trinajstić information content (AvgIpc) is 2.37. The Morgan fingerprint density at radius 2 is 1.94 bits per heavy atom. The molecule has 0 aliphatic rings. The number of hydrogen-bond acceptors (Lipinski definition) is 4. The highest BCUT2D eigenvalue weighted by molar-refractivity contribution is 5.78. The van der Waals surface area contributed by atoms with Crippen molar-refractivity contribution < 1.29 is 19.4 Å². The van der Waals surface area contributed by atoms with Gasteiger partial charge < -0.3 is 9.84 Å².